The second-order valence-electron chi connectivity index (χ2n) is 8.14. The highest BCUT2D eigenvalue weighted by molar-refractivity contribution is 7.86. The Kier molecular flexibility index (Phi) is 6.93. The molecule has 4 nitrogen and oxygen atoms in total. The van der Waals surface area contributed by atoms with Gasteiger partial charge in [-0.2, -0.15) is 8.42 Å². The first kappa shape index (κ1) is 21.8. The van der Waals surface area contributed by atoms with Crippen LogP contribution in [0.25, 0.3) is 0 Å². The van der Waals surface area contributed by atoms with Crippen LogP contribution in [0.2, 0.25) is 0 Å². The summed E-state index contributed by atoms with van der Waals surface area (Å²) in [6.07, 6.45) is 3.02. The van der Waals surface area contributed by atoms with E-state index in [4.69, 9.17) is 8.92 Å². The van der Waals surface area contributed by atoms with E-state index >= 15 is 0 Å². The fraction of sp³-hybridized carbons (Fsp3) is 0.417. The molecule has 0 aromatic heterocycles. The van der Waals surface area contributed by atoms with Crippen LogP contribution in [-0.2, 0) is 25.6 Å². The third kappa shape index (κ3) is 5.56. The summed E-state index contributed by atoms with van der Waals surface area (Å²) in [7, 11) is -3.74. The van der Waals surface area contributed by atoms with E-state index < -0.39 is 10.1 Å². The monoisotopic (exact) mass is 414 g/mol. The van der Waals surface area contributed by atoms with E-state index in [2.05, 4.69) is 19.1 Å². The molecule has 1 atom stereocenters. The molecule has 29 heavy (non-hydrogen) atoms. The van der Waals surface area contributed by atoms with Gasteiger partial charge in [0.05, 0.1) is 18.1 Å². The zero-order valence-corrected chi connectivity index (χ0v) is 18.3. The molecule has 0 bridgehead atoms. The van der Waals surface area contributed by atoms with Gasteiger partial charge in [-0.3, -0.25) is 4.18 Å². The van der Waals surface area contributed by atoms with E-state index in [0.29, 0.717) is 13.2 Å². The van der Waals surface area contributed by atoms with Crippen LogP contribution >= 0.6 is 0 Å². The van der Waals surface area contributed by atoms with E-state index in [1.807, 2.05) is 32.0 Å². The maximum absolute atomic E-state index is 12.4. The standard InChI is InChI=1S/C24H30O4S/c1-19-9-11-22(12-10-19)29(25,26)28-17-20(2)23-13-14-24(23,3)15-16-27-18-21-7-5-4-6-8-21/h4-12H,13-18H2,1-3H3/b23-20+/t24-/m1/s1. The van der Waals surface area contributed by atoms with Crippen molar-refractivity contribution in [1.29, 1.82) is 0 Å². The lowest BCUT2D eigenvalue weighted by Gasteiger charge is -2.43. The van der Waals surface area contributed by atoms with E-state index in [0.717, 1.165) is 30.4 Å². The summed E-state index contributed by atoms with van der Waals surface area (Å²) in [5, 5.41) is 0. The van der Waals surface area contributed by atoms with Gasteiger partial charge in [-0.1, -0.05) is 60.5 Å². The minimum Gasteiger partial charge on any atom is -0.377 e. The highest BCUT2D eigenvalue weighted by Crippen LogP contribution is 2.50. The minimum absolute atomic E-state index is 0.0672. The highest BCUT2D eigenvalue weighted by Gasteiger charge is 2.38. The fourth-order valence-corrected chi connectivity index (χ4v) is 4.71. The Labute approximate surface area is 174 Å². The number of allylic oxidation sites excluding steroid dienone is 1. The summed E-state index contributed by atoms with van der Waals surface area (Å²) in [5.41, 5.74) is 4.57. The molecule has 5 heteroatoms. The van der Waals surface area contributed by atoms with Crippen molar-refractivity contribution in [2.45, 2.75) is 51.5 Å². The molecule has 2 aromatic carbocycles. The molecule has 1 fully saturated rings. The van der Waals surface area contributed by atoms with Gasteiger partial charge in [0.25, 0.3) is 10.1 Å². The van der Waals surface area contributed by atoms with E-state index in [1.54, 1.807) is 24.3 Å². The van der Waals surface area contributed by atoms with Crippen LogP contribution in [-0.4, -0.2) is 21.6 Å². The molecule has 0 amide bonds. The molecule has 1 saturated carbocycles. The molecule has 0 spiro atoms. The maximum Gasteiger partial charge on any atom is 0.297 e. The second-order valence-corrected chi connectivity index (χ2v) is 9.75. The first-order valence-electron chi connectivity index (χ1n) is 10.1. The molecule has 0 unspecified atom stereocenters. The Morgan fingerprint density at radius 2 is 1.76 bits per heavy atom. The Hall–Kier alpha value is -1.95. The Bertz CT molecular complexity index is 946. The number of benzene rings is 2. The third-order valence-corrected chi connectivity index (χ3v) is 7.10. The van der Waals surface area contributed by atoms with Gasteiger partial charge in [0, 0.05) is 6.61 Å². The normalized spacial score (nSPS) is 20.9. The van der Waals surface area contributed by atoms with Crippen LogP contribution in [0.15, 0.2) is 70.6 Å². The third-order valence-electron chi connectivity index (χ3n) is 5.82. The van der Waals surface area contributed by atoms with Crippen molar-refractivity contribution in [2.24, 2.45) is 5.41 Å². The minimum atomic E-state index is -3.74. The van der Waals surface area contributed by atoms with Crippen LogP contribution in [0.3, 0.4) is 0 Å². The summed E-state index contributed by atoms with van der Waals surface area (Å²) in [6.45, 7) is 7.54. The molecule has 3 rings (SSSR count). The number of hydrogen-bond donors (Lipinski definition) is 0. The van der Waals surface area contributed by atoms with E-state index in [1.165, 1.54) is 11.1 Å². The van der Waals surface area contributed by atoms with Gasteiger partial charge in [-0.25, -0.2) is 0 Å². The number of aryl methyl sites for hydroxylation is 1. The van der Waals surface area contributed by atoms with Crippen molar-refractivity contribution in [2.75, 3.05) is 13.2 Å². The van der Waals surface area contributed by atoms with Crippen molar-refractivity contribution in [3.05, 3.63) is 76.9 Å². The van der Waals surface area contributed by atoms with Crippen molar-refractivity contribution >= 4 is 10.1 Å². The molecule has 0 heterocycles. The highest BCUT2D eigenvalue weighted by atomic mass is 32.2. The summed E-state index contributed by atoms with van der Waals surface area (Å²) < 4.78 is 36.0. The number of rotatable bonds is 9. The van der Waals surface area contributed by atoms with Gasteiger partial charge < -0.3 is 4.74 Å². The van der Waals surface area contributed by atoms with Gasteiger partial charge >= 0.3 is 0 Å². The summed E-state index contributed by atoms with van der Waals surface area (Å²) in [6, 6.07) is 16.9. The van der Waals surface area contributed by atoms with Gasteiger partial charge in [0.15, 0.2) is 0 Å². The molecule has 0 radical (unpaired) electrons. The molecule has 0 aliphatic heterocycles. The average Bonchev–Trinajstić information content (AvgIpc) is 2.70. The lowest BCUT2D eigenvalue weighted by atomic mass is 9.62. The summed E-state index contributed by atoms with van der Waals surface area (Å²) in [5.74, 6) is 0. The maximum atomic E-state index is 12.4. The van der Waals surface area contributed by atoms with Gasteiger partial charge in [-0.15, -0.1) is 0 Å². The second kappa shape index (κ2) is 9.24. The smallest absolute Gasteiger partial charge is 0.297 e. The van der Waals surface area contributed by atoms with Gasteiger partial charge in [0.2, 0.25) is 0 Å². The molecule has 0 N–H and O–H groups in total. The summed E-state index contributed by atoms with van der Waals surface area (Å²) in [4.78, 5) is 0.201. The largest absolute Gasteiger partial charge is 0.377 e. The Morgan fingerprint density at radius 3 is 2.38 bits per heavy atom. The zero-order chi connectivity index (χ0) is 20.9. The predicted molar refractivity (Wildman–Crippen MR) is 115 cm³/mol. The van der Waals surface area contributed by atoms with Gasteiger partial charge in [0.1, 0.15) is 0 Å². The molecule has 156 valence electrons. The van der Waals surface area contributed by atoms with Gasteiger partial charge in [-0.05, 0) is 61.8 Å². The molecule has 1 aliphatic rings. The van der Waals surface area contributed by atoms with Crippen LogP contribution in [0, 0.1) is 12.3 Å². The van der Waals surface area contributed by atoms with Crippen molar-refractivity contribution in [3.8, 4) is 0 Å². The lowest BCUT2D eigenvalue weighted by Crippen LogP contribution is -2.32. The first-order valence-corrected chi connectivity index (χ1v) is 11.5. The van der Waals surface area contributed by atoms with Crippen LogP contribution < -0.4 is 0 Å². The Morgan fingerprint density at radius 1 is 1.07 bits per heavy atom. The first-order chi connectivity index (χ1) is 13.8. The topological polar surface area (TPSA) is 52.6 Å². The fourth-order valence-electron chi connectivity index (χ4n) is 3.77. The lowest BCUT2D eigenvalue weighted by molar-refractivity contribution is 0.0814. The van der Waals surface area contributed by atoms with Crippen molar-refractivity contribution < 1.29 is 17.3 Å². The van der Waals surface area contributed by atoms with Crippen LogP contribution in [0.1, 0.15) is 44.2 Å². The molecule has 2 aromatic rings. The quantitative estimate of drug-likeness (QED) is 0.312. The van der Waals surface area contributed by atoms with E-state index in [9.17, 15) is 8.42 Å². The molecular weight excluding hydrogens is 384 g/mol. The number of hydrogen-bond acceptors (Lipinski definition) is 4. The van der Waals surface area contributed by atoms with Crippen molar-refractivity contribution in [1.82, 2.24) is 0 Å². The molecule has 1 aliphatic carbocycles. The van der Waals surface area contributed by atoms with Crippen molar-refractivity contribution in [3.63, 3.8) is 0 Å². The predicted octanol–water partition coefficient (Wildman–Crippen LogP) is 5.42. The summed E-state index contributed by atoms with van der Waals surface area (Å²) >= 11 is 0. The molecular formula is C24H30O4S. The number of ether oxygens (including phenoxy) is 1. The SMILES string of the molecule is C/C(COS(=O)(=O)c1ccc(C)cc1)=C1/CC[C@]1(C)CCOCc1ccccc1. The van der Waals surface area contributed by atoms with E-state index in [-0.39, 0.29) is 16.9 Å². The average molecular weight is 415 g/mol. The zero-order valence-electron chi connectivity index (χ0n) is 17.5. The Balaban J connectivity index is 1.53. The molecule has 0 saturated heterocycles. The van der Waals surface area contributed by atoms with Crippen LogP contribution in [0.5, 0.6) is 0 Å². The van der Waals surface area contributed by atoms with Crippen LogP contribution in [0.4, 0.5) is 0 Å².